The molecule has 0 aliphatic heterocycles. The maximum Gasteiger partial charge on any atom is 0.0678 e. The van der Waals surface area contributed by atoms with E-state index >= 15 is 0 Å². The lowest BCUT2D eigenvalue weighted by atomic mass is 9.49. The first-order valence-electron chi connectivity index (χ1n) is 8.95. The number of hydrogen-bond acceptors (Lipinski definition) is 2. The lowest BCUT2D eigenvalue weighted by Crippen LogP contribution is -2.55. The first kappa shape index (κ1) is 13.6. The van der Waals surface area contributed by atoms with Gasteiger partial charge >= 0.3 is 0 Å². The Morgan fingerprint density at radius 3 is 2.40 bits per heavy atom. The summed E-state index contributed by atoms with van der Waals surface area (Å²) in [5, 5.41) is 21.4. The van der Waals surface area contributed by atoms with E-state index in [2.05, 4.69) is 6.92 Å². The van der Waals surface area contributed by atoms with E-state index in [1.807, 2.05) is 0 Å². The van der Waals surface area contributed by atoms with Crippen molar-refractivity contribution >= 4 is 0 Å². The zero-order chi connectivity index (χ0) is 14.0. The van der Waals surface area contributed by atoms with E-state index in [1.165, 1.54) is 44.9 Å². The lowest BCUT2D eigenvalue weighted by molar-refractivity contribution is -0.155. The largest absolute Gasteiger partial charge is 0.393 e. The molecule has 0 aromatic rings. The molecule has 4 aliphatic rings. The van der Waals surface area contributed by atoms with Gasteiger partial charge in [-0.1, -0.05) is 19.8 Å². The molecule has 0 radical (unpaired) electrons. The smallest absolute Gasteiger partial charge is 0.0678 e. The molecule has 0 saturated heterocycles. The Balaban J connectivity index is 1.62. The Hall–Kier alpha value is -0.0800. The van der Waals surface area contributed by atoms with Gasteiger partial charge in [-0.3, -0.25) is 0 Å². The highest BCUT2D eigenvalue weighted by atomic mass is 16.3. The summed E-state index contributed by atoms with van der Waals surface area (Å²) >= 11 is 0. The summed E-state index contributed by atoms with van der Waals surface area (Å²) < 4.78 is 0. The third-order valence-corrected chi connectivity index (χ3v) is 7.93. The van der Waals surface area contributed by atoms with Gasteiger partial charge in [0.05, 0.1) is 11.7 Å². The van der Waals surface area contributed by atoms with Gasteiger partial charge in [-0.25, -0.2) is 0 Å². The molecule has 2 N–H and O–H groups in total. The van der Waals surface area contributed by atoms with Gasteiger partial charge in [0.15, 0.2) is 0 Å². The van der Waals surface area contributed by atoms with Crippen LogP contribution in [0.5, 0.6) is 0 Å². The quantitative estimate of drug-likeness (QED) is 0.712. The monoisotopic (exact) mass is 278 g/mol. The fourth-order valence-electron chi connectivity index (χ4n) is 6.79. The van der Waals surface area contributed by atoms with Crippen molar-refractivity contribution in [2.24, 2.45) is 29.1 Å². The van der Waals surface area contributed by atoms with Crippen LogP contribution in [0.15, 0.2) is 0 Å². The first-order valence-corrected chi connectivity index (χ1v) is 8.95. The summed E-state index contributed by atoms with van der Waals surface area (Å²) in [5.41, 5.74) is -0.143. The maximum absolute atomic E-state index is 11.0. The van der Waals surface area contributed by atoms with E-state index in [0.717, 1.165) is 37.0 Å². The van der Waals surface area contributed by atoms with E-state index in [9.17, 15) is 10.2 Å². The predicted octanol–water partition coefficient (Wildman–Crippen LogP) is 3.50. The van der Waals surface area contributed by atoms with Crippen LogP contribution in [0.3, 0.4) is 0 Å². The normalized spacial score (nSPS) is 58.6. The van der Waals surface area contributed by atoms with Gasteiger partial charge in [-0.05, 0) is 80.5 Å². The second-order valence-electron chi connectivity index (χ2n) is 8.57. The summed E-state index contributed by atoms with van der Waals surface area (Å²) in [6.07, 6.45) is 11.7. The molecular formula is C18H30O2. The lowest BCUT2D eigenvalue weighted by Gasteiger charge is -2.57. The highest BCUT2D eigenvalue weighted by Gasteiger charge is 2.59. The van der Waals surface area contributed by atoms with Crippen molar-refractivity contribution in [3.63, 3.8) is 0 Å². The molecule has 0 spiro atoms. The van der Waals surface area contributed by atoms with Gasteiger partial charge in [0, 0.05) is 0 Å². The van der Waals surface area contributed by atoms with Crippen molar-refractivity contribution in [3.8, 4) is 0 Å². The van der Waals surface area contributed by atoms with E-state index in [-0.39, 0.29) is 17.1 Å². The van der Waals surface area contributed by atoms with Crippen molar-refractivity contribution in [3.05, 3.63) is 0 Å². The number of aliphatic hydroxyl groups is 2. The third-order valence-electron chi connectivity index (χ3n) is 7.93. The van der Waals surface area contributed by atoms with Crippen LogP contribution < -0.4 is 0 Å². The molecular weight excluding hydrogens is 248 g/mol. The molecule has 114 valence electrons. The Labute approximate surface area is 123 Å². The molecule has 0 bridgehead atoms. The highest BCUT2D eigenvalue weighted by Crippen LogP contribution is 2.63. The van der Waals surface area contributed by atoms with Crippen LogP contribution >= 0.6 is 0 Å². The Morgan fingerprint density at radius 1 is 0.800 bits per heavy atom. The molecule has 20 heavy (non-hydrogen) atoms. The van der Waals surface area contributed by atoms with Crippen molar-refractivity contribution in [1.29, 1.82) is 0 Å². The average Bonchev–Trinajstić information content (AvgIpc) is 2.74. The van der Waals surface area contributed by atoms with Crippen molar-refractivity contribution < 1.29 is 10.2 Å². The van der Waals surface area contributed by atoms with Gasteiger partial charge in [0.1, 0.15) is 0 Å². The number of hydrogen-bond donors (Lipinski definition) is 2. The van der Waals surface area contributed by atoms with E-state index in [0.29, 0.717) is 5.92 Å². The summed E-state index contributed by atoms with van der Waals surface area (Å²) in [6, 6.07) is 0. The van der Waals surface area contributed by atoms with Gasteiger partial charge < -0.3 is 10.2 Å². The molecule has 0 amide bonds. The average molecular weight is 278 g/mol. The Bertz CT molecular complexity index is 391. The van der Waals surface area contributed by atoms with E-state index in [4.69, 9.17) is 0 Å². The first-order chi connectivity index (χ1) is 9.55. The van der Waals surface area contributed by atoms with Crippen LogP contribution in [0, 0.1) is 29.1 Å². The highest BCUT2D eigenvalue weighted by molar-refractivity contribution is 5.08. The molecule has 1 unspecified atom stereocenters. The van der Waals surface area contributed by atoms with Gasteiger partial charge in [0.2, 0.25) is 0 Å². The molecule has 0 aromatic carbocycles. The number of aliphatic hydroxyl groups excluding tert-OH is 1. The van der Waals surface area contributed by atoms with Crippen LogP contribution in [0.1, 0.15) is 71.1 Å². The van der Waals surface area contributed by atoms with E-state index < -0.39 is 0 Å². The van der Waals surface area contributed by atoms with Crippen molar-refractivity contribution in [2.75, 3.05) is 0 Å². The fourth-order valence-corrected chi connectivity index (χ4v) is 6.79. The third kappa shape index (κ3) is 1.70. The topological polar surface area (TPSA) is 40.5 Å². The minimum Gasteiger partial charge on any atom is -0.393 e. The molecule has 2 heteroatoms. The van der Waals surface area contributed by atoms with Crippen LogP contribution in [0.25, 0.3) is 0 Å². The summed E-state index contributed by atoms with van der Waals surface area (Å²) in [6.45, 7) is 2.34. The molecule has 0 heterocycles. The molecule has 4 saturated carbocycles. The second kappa shape index (κ2) is 4.46. The fraction of sp³-hybridized carbons (Fsp3) is 1.00. The molecule has 4 fully saturated rings. The molecule has 4 rings (SSSR count). The predicted molar refractivity (Wildman–Crippen MR) is 79.2 cm³/mol. The Kier molecular flexibility index (Phi) is 3.03. The minimum absolute atomic E-state index is 0.0689. The maximum atomic E-state index is 11.0. The number of rotatable bonds is 0. The second-order valence-corrected chi connectivity index (χ2v) is 8.57. The standard InChI is InChI=1S/C18H30O2/c1-17-10-7-13-12(14(17)5-6-16(17)19)8-11-18(20)9-3-2-4-15(13)18/h12-16,19-20H,2-11H2,1H3/t12-,13+,14-,15-,16-,17+,18?/m1/s1. The summed E-state index contributed by atoms with van der Waals surface area (Å²) in [4.78, 5) is 0. The molecule has 4 aliphatic carbocycles. The van der Waals surface area contributed by atoms with Crippen LogP contribution in [0.4, 0.5) is 0 Å². The zero-order valence-corrected chi connectivity index (χ0v) is 12.9. The number of fused-ring (bicyclic) bond motifs is 5. The molecule has 0 aromatic heterocycles. The SMILES string of the molecule is C[C@]12CC[C@H]3[C@@H](CCC4(O)CCCC[C@H]34)[C@H]1CC[C@H]2O. The Morgan fingerprint density at radius 2 is 1.55 bits per heavy atom. The molecule has 2 nitrogen and oxygen atoms in total. The van der Waals surface area contributed by atoms with E-state index in [1.54, 1.807) is 0 Å². The summed E-state index contributed by atoms with van der Waals surface area (Å²) in [7, 11) is 0. The molecule has 7 atom stereocenters. The van der Waals surface area contributed by atoms with Crippen LogP contribution in [-0.4, -0.2) is 21.9 Å². The van der Waals surface area contributed by atoms with Gasteiger partial charge in [-0.15, -0.1) is 0 Å². The van der Waals surface area contributed by atoms with Crippen molar-refractivity contribution in [2.45, 2.75) is 82.8 Å². The van der Waals surface area contributed by atoms with Gasteiger partial charge in [0.25, 0.3) is 0 Å². The minimum atomic E-state index is -0.329. The van der Waals surface area contributed by atoms with Gasteiger partial charge in [-0.2, -0.15) is 0 Å². The zero-order valence-electron chi connectivity index (χ0n) is 12.9. The van der Waals surface area contributed by atoms with Crippen LogP contribution in [-0.2, 0) is 0 Å². The summed E-state index contributed by atoms with van der Waals surface area (Å²) in [5.74, 6) is 2.83. The van der Waals surface area contributed by atoms with Crippen molar-refractivity contribution in [1.82, 2.24) is 0 Å². The van der Waals surface area contributed by atoms with Crippen LogP contribution in [0.2, 0.25) is 0 Å².